The molecule has 0 bridgehead atoms. The second-order valence-electron chi connectivity index (χ2n) is 10.7. The molecule has 2 aliphatic heterocycles. The Morgan fingerprint density at radius 3 is 2.58 bits per heavy atom. The molecule has 1 saturated heterocycles. The summed E-state index contributed by atoms with van der Waals surface area (Å²) in [6.07, 6.45) is 5.89. The summed E-state index contributed by atoms with van der Waals surface area (Å²) in [5, 5.41) is 12.3. The van der Waals surface area contributed by atoms with E-state index in [1.807, 2.05) is 33.1 Å². The minimum atomic E-state index is -0.858. The number of aromatic amines is 1. The molecule has 10 heteroatoms. The number of ether oxygens (including phenoxy) is 2. The van der Waals surface area contributed by atoms with E-state index in [0.29, 0.717) is 39.3 Å². The van der Waals surface area contributed by atoms with Crippen LogP contribution in [0.15, 0.2) is 21.8 Å². The van der Waals surface area contributed by atoms with Crippen molar-refractivity contribution in [1.82, 2.24) is 15.2 Å². The number of aromatic nitrogens is 1. The molecule has 0 radical (unpaired) electrons. The zero-order valence-corrected chi connectivity index (χ0v) is 23.7. The van der Waals surface area contributed by atoms with Gasteiger partial charge >= 0.3 is 0 Å². The van der Waals surface area contributed by atoms with Gasteiger partial charge in [0.15, 0.2) is 11.5 Å². The molecule has 1 amide bonds. The van der Waals surface area contributed by atoms with Gasteiger partial charge in [-0.2, -0.15) is 5.26 Å². The number of H-pyrrole nitrogens is 1. The third-order valence-electron chi connectivity index (χ3n) is 8.22. The highest BCUT2D eigenvalue weighted by Crippen LogP contribution is 2.52. The van der Waals surface area contributed by atoms with E-state index in [2.05, 4.69) is 21.3 Å². The number of rotatable bonds is 6. The van der Waals surface area contributed by atoms with Gasteiger partial charge in [-0.15, -0.1) is 11.8 Å². The maximum Gasteiger partial charge on any atom is 0.254 e. The summed E-state index contributed by atoms with van der Waals surface area (Å²) >= 11 is 8.08. The van der Waals surface area contributed by atoms with Crippen molar-refractivity contribution in [3.8, 4) is 17.6 Å². The highest BCUT2D eigenvalue weighted by atomic mass is 35.5. The van der Waals surface area contributed by atoms with Crippen molar-refractivity contribution >= 4 is 29.3 Å². The van der Waals surface area contributed by atoms with Crippen molar-refractivity contribution in [1.29, 1.82) is 5.26 Å². The van der Waals surface area contributed by atoms with Crippen LogP contribution in [0.2, 0.25) is 5.02 Å². The van der Waals surface area contributed by atoms with Crippen molar-refractivity contribution in [2.45, 2.75) is 69.7 Å². The number of hydrogen-bond acceptors (Lipinski definition) is 7. The average Bonchev–Trinajstić information content (AvgIpc) is 3.24. The van der Waals surface area contributed by atoms with Crippen LogP contribution < -0.4 is 20.3 Å². The van der Waals surface area contributed by atoms with Crippen LogP contribution >= 0.6 is 23.4 Å². The van der Waals surface area contributed by atoms with Gasteiger partial charge in [0, 0.05) is 65.8 Å². The van der Waals surface area contributed by atoms with Crippen LogP contribution in [0, 0.1) is 37.0 Å². The Kier molecular flexibility index (Phi) is 7.42. The molecular weight excluding hydrogens is 524 g/mol. The highest BCUT2D eigenvalue weighted by molar-refractivity contribution is 7.98. The molecule has 1 aliphatic carbocycles. The van der Waals surface area contributed by atoms with E-state index < -0.39 is 5.79 Å². The molecule has 3 heterocycles. The Morgan fingerprint density at radius 2 is 1.92 bits per heavy atom. The third kappa shape index (κ3) is 4.90. The van der Waals surface area contributed by atoms with Gasteiger partial charge in [0.25, 0.3) is 17.3 Å². The standard InChI is InChI=1S/C28H33ClN4O4S/c1-15-9-23(38-4)21(27(35)32-15)12-31-26(34)20-10-22(29)25-24(16(20)2)36-28(3,37-25)18-5-7-19(8-6-18)33-13-17(11-30)14-33/h9-10,17-19H,5-8,12-14H2,1-4H3,(H,31,34)(H,32,35)/t18?,19?,28-/m1/s1. The molecule has 1 saturated carbocycles. The van der Waals surface area contributed by atoms with E-state index in [1.54, 1.807) is 6.07 Å². The van der Waals surface area contributed by atoms with Gasteiger partial charge in [0.2, 0.25) is 0 Å². The highest BCUT2D eigenvalue weighted by Gasteiger charge is 2.48. The normalized spacial score (nSPS) is 25.1. The summed E-state index contributed by atoms with van der Waals surface area (Å²) in [4.78, 5) is 31.7. The predicted octanol–water partition coefficient (Wildman–Crippen LogP) is 4.80. The number of thioether (sulfide) groups is 1. The molecule has 3 aliphatic rings. The Labute approximate surface area is 232 Å². The van der Waals surface area contributed by atoms with Gasteiger partial charge in [-0.3, -0.25) is 14.5 Å². The first kappa shape index (κ1) is 26.9. The van der Waals surface area contributed by atoms with Gasteiger partial charge in [0.05, 0.1) is 17.0 Å². The molecule has 202 valence electrons. The number of hydrogen-bond donors (Lipinski definition) is 2. The molecule has 2 fully saturated rings. The molecule has 38 heavy (non-hydrogen) atoms. The maximum atomic E-state index is 13.2. The number of likely N-dealkylation sites (tertiary alicyclic amines) is 1. The number of nitrogens with zero attached hydrogens (tertiary/aromatic N) is 2. The van der Waals surface area contributed by atoms with E-state index in [4.69, 9.17) is 26.3 Å². The number of nitriles is 1. The number of pyridine rings is 1. The lowest BCUT2D eigenvalue weighted by atomic mass is 9.79. The number of halogens is 1. The van der Waals surface area contributed by atoms with Crippen molar-refractivity contribution < 1.29 is 14.3 Å². The van der Waals surface area contributed by atoms with Gasteiger partial charge in [-0.25, -0.2) is 0 Å². The molecular formula is C28H33ClN4O4S. The fraction of sp³-hybridized carbons (Fsp3) is 0.536. The number of carbonyl (C=O) groups excluding carboxylic acids is 1. The van der Waals surface area contributed by atoms with Crippen LogP contribution in [-0.4, -0.2) is 47.0 Å². The minimum Gasteiger partial charge on any atom is -0.448 e. The SMILES string of the molecule is CSc1cc(C)[nH]c(=O)c1CNC(=O)c1cc(Cl)c2c(c1C)O[C@@](C)(C1CCC(N3CC(C#N)C3)CC1)O2. The van der Waals surface area contributed by atoms with E-state index in [1.165, 1.54) is 11.8 Å². The average molecular weight is 557 g/mol. The van der Waals surface area contributed by atoms with Gasteiger partial charge in [0.1, 0.15) is 0 Å². The van der Waals surface area contributed by atoms with Crippen LogP contribution in [0.4, 0.5) is 0 Å². The van der Waals surface area contributed by atoms with Crippen LogP contribution in [0.3, 0.4) is 0 Å². The fourth-order valence-electron chi connectivity index (χ4n) is 5.91. The molecule has 2 aromatic rings. The van der Waals surface area contributed by atoms with Crippen molar-refractivity contribution in [3.63, 3.8) is 0 Å². The van der Waals surface area contributed by atoms with E-state index in [-0.39, 0.29) is 29.8 Å². The van der Waals surface area contributed by atoms with Gasteiger partial charge < -0.3 is 19.8 Å². The lowest BCUT2D eigenvalue weighted by Gasteiger charge is -2.45. The second kappa shape index (κ2) is 10.5. The molecule has 0 spiro atoms. The number of aryl methyl sites for hydroxylation is 1. The molecule has 1 atom stereocenters. The van der Waals surface area contributed by atoms with Crippen molar-refractivity contribution in [2.24, 2.45) is 11.8 Å². The van der Waals surface area contributed by atoms with Gasteiger partial charge in [-0.05, 0) is 57.9 Å². The van der Waals surface area contributed by atoms with Crippen LogP contribution in [0.5, 0.6) is 11.5 Å². The monoisotopic (exact) mass is 556 g/mol. The first-order chi connectivity index (χ1) is 18.1. The summed E-state index contributed by atoms with van der Waals surface area (Å²) in [7, 11) is 0. The number of amides is 1. The summed E-state index contributed by atoms with van der Waals surface area (Å²) in [6, 6.07) is 6.37. The molecule has 0 unspecified atom stereocenters. The Morgan fingerprint density at radius 1 is 1.24 bits per heavy atom. The zero-order chi connectivity index (χ0) is 27.2. The summed E-state index contributed by atoms with van der Waals surface area (Å²) < 4.78 is 12.8. The number of fused-ring (bicyclic) bond motifs is 1. The minimum absolute atomic E-state index is 0.100. The summed E-state index contributed by atoms with van der Waals surface area (Å²) in [5.74, 6) is 0.147. The first-order valence-corrected chi connectivity index (χ1v) is 14.6. The van der Waals surface area contributed by atoms with Crippen LogP contribution in [-0.2, 0) is 6.54 Å². The Bertz CT molecular complexity index is 1360. The Hall–Kier alpha value is -2.67. The first-order valence-electron chi connectivity index (χ1n) is 13.0. The predicted molar refractivity (Wildman–Crippen MR) is 147 cm³/mol. The van der Waals surface area contributed by atoms with E-state index in [0.717, 1.165) is 49.4 Å². The number of carbonyl (C=O) groups is 1. The number of benzene rings is 1. The lowest BCUT2D eigenvalue weighted by Crippen LogP contribution is -2.54. The topological polar surface area (TPSA) is 107 Å². The second-order valence-corrected chi connectivity index (χ2v) is 12.0. The molecule has 8 nitrogen and oxygen atoms in total. The molecule has 1 aromatic heterocycles. The third-order valence-corrected chi connectivity index (χ3v) is 9.30. The van der Waals surface area contributed by atoms with Gasteiger partial charge in [-0.1, -0.05) is 11.6 Å². The zero-order valence-electron chi connectivity index (χ0n) is 22.2. The van der Waals surface area contributed by atoms with Crippen molar-refractivity contribution in [2.75, 3.05) is 19.3 Å². The lowest BCUT2D eigenvalue weighted by molar-refractivity contribution is -0.126. The largest absolute Gasteiger partial charge is 0.448 e. The van der Waals surface area contributed by atoms with E-state index >= 15 is 0 Å². The Balaban J connectivity index is 1.27. The van der Waals surface area contributed by atoms with E-state index in [9.17, 15) is 9.59 Å². The summed E-state index contributed by atoms with van der Waals surface area (Å²) in [5.41, 5.74) is 2.14. The number of nitrogens with one attached hydrogen (secondary N) is 2. The summed E-state index contributed by atoms with van der Waals surface area (Å²) in [6.45, 7) is 7.46. The molecule has 5 rings (SSSR count). The quantitative estimate of drug-likeness (QED) is 0.492. The fourth-order valence-corrected chi connectivity index (χ4v) is 6.85. The maximum absolute atomic E-state index is 13.2. The van der Waals surface area contributed by atoms with Crippen LogP contribution in [0.1, 0.15) is 59.8 Å². The molecule has 1 aromatic carbocycles. The smallest absolute Gasteiger partial charge is 0.254 e. The van der Waals surface area contributed by atoms with Crippen molar-refractivity contribution in [3.05, 3.63) is 49.9 Å². The molecule has 2 N–H and O–H groups in total. The van der Waals surface area contributed by atoms with Crippen LogP contribution in [0.25, 0.3) is 0 Å².